The molecule has 2 aromatic rings. The molecule has 19 heavy (non-hydrogen) atoms. The Morgan fingerprint density at radius 1 is 1.47 bits per heavy atom. The van der Waals surface area contributed by atoms with E-state index in [9.17, 15) is 19.7 Å². The molecule has 0 N–H and O–H groups in total. The Morgan fingerprint density at radius 3 is 2.68 bits per heavy atom. The largest absolute Gasteiger partial charge is 0.346 e. The monoisotopic (exact) mass is 260 g/mol. The van der Waals surface area contributed by atoms with Crippen LogP contribution in [0.15, 0.2) is 18.2 Å². The maximum absolute atomic E-state index is 11.2. The molecule has 6 nitrogen and oxygen atoms in total. The number of rotatable bonds is 4. The molecule has 0 bridgehead atoms. The number of fused-ring (bicyclic) bond motifs is 1. The zero-order valence-corrected chi connectivity index (χ0v) is 10.5. The molecule has 2 rings (SSSR count). The average Bonchev–Trinajstić information content (AvgIpc) is 2.61. The van der Waals surface area contributed by atoms with Crippen molar-refractivity contribution in [3.05, 3.63) is 39.6 Å². The van der Waals surface area contributed by atoms with E-state index in [1.54, 1.807) is 17.7 Å². The number of ketones is 1. The van der Waals surface area contributed by atoms with Crippen LogP contribution in [0.1, 0.15) is 23.0 Å². The van der Waals surface area contributed by atoms with Gasteiger partial charge in [-0.25, -0.2) is 0 Å². The number of carbonyl (C=O) groups is 2. The standard InChI is InChI=1S/C13H12N2O4/c1-8(17)5-13-11(7-16)10-6-9(15(18)19)3-4-12(10)14(13)2/h3-4,6-7H,5H2,1-2H3. The molecule has 0 atom stereocenters. The summed E-state index contributed by atoms with van der Waals surface area (Å²) in [7, 11) is 1.74. The van der Waals surface area contributed by atoms with Gasteiger partial charge in [-0.2, -0.15) is 0 Å². The normalized spacial score (nSPS) is 10.6. The molecular weight excluding hydrogens is 248 g/mol. The van der Waals surface area contributed by atoms with E-state index in [-0.39, 0.29) is 17.9 Å². The highest BCUT2D eigenvalue weighted by molar-refractivity contribution is 6.01. The van der Waals surface area contributed by atoms with Gasteiger partial charge in [0.15, 0.2) is 6.29 Å². The summed E-state index contributed by atoms with van der Waals surface area (Å²) in [6.45, 7) is 1.44. The second kappa shape index (κ2) is 4.64. The van der Waals surface area contributed by atoms with Crippen molar-refractivity contribution in [2.45, 2.75) is 13.3 Å². The van der Waals surface area contributed by atoms with Crippen LogP contribution in [0, 0.1) is 10.1 Å². The Hall–Kier alpha value is -2.50. The topological polar surface area (TPSA) is 82.2 Å². The zero-order valence-electron chi connectivity index (χ0n) is 10.5. The van der Waals surface area contributed by atoms with Crippen LogP contribution in [0.5, 0.6) is 0 Å². The first-order valence-corrected chi connectivity index (χ1v) is 5.66. The number of nitro groups is 1. The molecule has 0 amide bonds. The van der Waals surface area contributed by atoms with Gasteiger partial charge in [-0.05, 0) is 13.0 Å². The minimum Gasteiger partial charge on any atom is -0.346 e. The number of non-ortho nitro benzene ring substituents is 1. The molecular formula is C13H12N2O4. The zero-order chi connectivity index (χ0) is 14.2. The van der Waals surface area contributed by atoms with Crippen LogP contribution in [0.3, 0.4) is 0 Å². The van der Waals surface area contributed by atoms with Crippen LogP contribution >= 0.6 is 0 Å². The van der Waals surface area contributed by atoms with Gasteiger partial charge in [-0.1, -0.05) is 0 Å². The fourth-order valence-corrected chi connectivity index (χ4v) is 2.21. The molecule has 1 aromatic heterocycles. The number of aromatic nitrogens is 1. The molecule has 0 saturated carbocycles. The van der Waals surface area contributed by atoms with Crippen LogP contribution in [0.25, 0.3) is 10.9 Å². The van der Waals surface area contributed by atoms with Crippen molar-refractivity contribution in [3.63, 3.8) is 0 Å². The average molecular weight is 260 g/mol. The number of benzene rings is 1. The summed E-state index contributed by atoms with van der Waals surface area (Å²) >= 11 is 0. The van der Waals surface area contributed by atoms with Crippen molar-refractivity contribution in [2.24, 2.45) is 7.05 Å². The smallest absolute Gasteiger partial charge is 0.270 e. The number of hydrogen-bond donors (Lipinski definition) is 0. The molecule has 0 fully saturated rings. The van der Waals surface area contributed by atoms with E-state index in [0.29, 0.717) is 28.4 Å². The molecule has 0 spiro atoms. The summed E-state index contributed by atoms with van der Waals surface area (Å²) in [6, 6.07) is 4.33. The van der Waals surface area contributed by atoms with Crippen molar-refractivity contribution in [2.75, 3.05) is 0 Å². The lowest BCUT2D eigenvalue weighted by atomic mass is 10.1. The van der Waals surface area contributed by atoms with Gasteiger partial charge >= 0.3 is 0 Å². The van der Waals surface area contributed by atoms with Gasteiger partial charge in [0, 0.05) is 47.8 Å². The van der Waals surface area contributed by atoms with Crippen molar-refractivity contribution in [1.29, 1.82) is 0 Å². The van der Waals surface area contributed by atoms with Gasteiger partial charge in [0.2, 0.25) is 0 Å². The van der Waals surface area contributed by atoms with Crippen molar-refractivity contribution < 1.29 is 14.5 Å². The maximum atomic E-state index is 11.2. The Labute approximate surface area is 108 Å². The van der Waals surface area contributed by atoms with Gasteiger partial charge in [0.05, 0.1) is 4.92 Å². The molecule has 1 aromatic carbocycles. The maximum Gasteiger partial charge on any atom is 0.270 e. The molecule has 0 unspecified atom stereocenters. The third kappa shape index (κ3) is 2.12. The van der Waals surface area contributed by atoms with Crippen molar-refractivity contribution >= 4 is 28.7 Å². The van der Waals surface area contributed by atoms with E-state index in [1.165, 1.54) is 19.1 Å². The fraction of sp³-hybridized carbons (Fsp3) is 0.231. The van der Waals surface area contributed by atoms with Gasteiger partial charge in [-0.15, -0.1) is 0 Å². The van der Waals surface area contributed by atoms with Crippen LogP contribution in [-0.4, -0.2) is 21.6 Å². The molecule has 0 aliphatic rings. The van der Waals surface area contributed by atoms with Crippen LogP contribution in [0.2, 0.25) is 0 Å². The first-order valence-electron chi connectivity index (χ1n) is 5.66. The van der Waals surface area contributed by atoms with E-state index in [1.807, 2.05) is 0 Å². The van der Waals surface area contributed by atoms with E-state index in [2.05, 4.69) is 0 Å². The van der Waals surface area contributed by atoms with Gasteiger partial charge in [0.25, 0.3) is 5.69 Å². The van der Waals surface area contributed by atoms with E-state index < -0.39 is 4.92 Å². The lowest BCUT2D eigenvalue weighted by molar-refractivity contribution is -0.384. The van der Waals surface area contributed by atoms with Gasteiger partial charge < -0.3 is 4.57 Å². The van der Waals surface area contributed by atoms with E-state index in [4.69, 9.17) is 0 Å². The van der Waals surface area contributed by atoms with Crippen LogP contribution in [-0.2, 0) is 18.3 Å². The summed E-state index contributed by atoms with van der Waals surface area (Å²) in [4.78, 5) is 32.7. The minimum atomic E-state index is -0.508. The van der Waals surface area contributed by atoms with Gasteiger partial charge in [-0.3, -0.25) is 19.7 Å². The lowest BCUT2D eigenvalue weighted by Crippen LogP contribution is -2.05. The first-order chi connectivity index (χ1) is 8.95. The fourth-order valence-electron chi connectivity index (χ4n) is 2.21. The molecule has 6 heteroatoms. The third-order valence-corrected chi connectivity index (χ3v) is 3.09. The summed E-state index contributed by atoms with van der Waals surface area (Å²) in [5.41, 5.74) is 1.55. The Bertz CT molecular complexity index is 700. The Balaban J connectivity index is 2.77. The van der Waals surface area contributed by atoms with Gasteiger partial charge in [0.1, 0.15) is 5.78 Å². The molecule has 1 heterocycles. The second-order valence-corrected chi connectivity index (χ2v) is 4.37. The molecule has 0 radical (unpaired) electrons. The summed E-state index contributed by atoms with van der Waals surface area (Å²) in [6.07, 6.45) is 0.775. The minimum absolute atomic E-state index is 0.0662. The number of aldehydes is 1. The van der Waals surface area contributed by atoms with Crippen molar-refractivity contribution in [1.82, 2.24) is 4.57 Å². The number of nitrogens with zero attached hydrogens (tertiary/aromatic N) is 2. The number of carbonyl (C=O) groups excluding carboxylic acids is 2. The van der Waals surface area contributed by atoms with E-state index in [0.717, 1.165) is 0 Å². The Kier molecular flexibility index (Phi) is 3.16. The Morgan fingerprint density at radius 2 is 2.16 bits per heavy atom. The highest BCUT2D eigenvalue weighted by Gasteiger charge is 2.18. The number of nitro benzene ring substituents is 1. The van der Waals surface area contributed by atoms with Crippen molar-refractivity contribution in [3.8, 4) is 0 Å². The predicted molar refractivity (Wildman–Crippen MR) is 69.3 cm³/mol. The SMILES string of the molecule is CC(=O)Cc1c(C=O)c2cc([N+](=O)[O-])ccc2n1C. The summed E-state index contributed by atoms with van der Waals surface area (Å²) < 4.78 is 1.73. The third-order valence-electron chi connectivity index (χ3n) is 3.09. The summed E-state index contributed by atoms with van der Waals surface area (Å²) in [5, 5.41) is 11.3. The molecule has 0 aliphatic heterocycles. The number of aryl methyl sites for hydroxylation is 1. The lowest BCUT2D eigenvalue weighted by Gasteiger charge is -2.02. The van der Waals surface area contributed by atoms with Crippen LogP contribution < -0.4 is 0 Å². The summed E-state index contributed by atoms with van der Waals surface area (Å²) in [5.74, 6) is -0.0662. The quantitative estimate of drug-likeness (QED) is 0.478. The number of hydrogen-bond acceptors (Lipinski definition) is 4. The first kappa shape index (κ1) is 12.9. The predicted octanol–water partition coefficient (Wildman–Crippen LogP) is 2.03. The highest BCUT2D eigenvalue weighted by Crippen LogP contribution is 2.28. The highest BCUT2D eigenvalue weighted by atomic mass is 16.6. The second-order valence-electron chi connectivity index (χ2n) is 4.37. The van der Waals surface area contributed by atoms with E-state index >= 15 is 0 Å². The van der Waals surface area contributed by atoms with Crippen LogP contribution in [0.4, 0.5) is 5.69 Å². The molecule has 0 aliphatic carbocycles. The number of Topliss-reactive ketones (excluding diaryl/α,β-unsaturated/α-hetero) is 1. The molecule has 98 valence electrons. The molecule has 0 saturated heterocycles.